The fourth-order valence-electron chi connectivity index (χ4n) is 2.08. The van der Waals surface area contributed by atoms with Gasteiger partial charge in [-0.1, -0.05) is 0 Å². The number of hydrogen-bond donors (Lipinski definition) is 3. The van der Waals surface area contributed by atoms with Crippen LogP contribution < -0.4 is 10.6 Å². The molecule has 7 heteroatoms. The molecule has 7 nitrogen and oxygen atoms in total. The van der Waals surface area contributed by atoms with Gasteiger partial charge in [-0.25, -0.2) is 4.98 Å². The van der Waals surface area contributed by atoms with Gasteiger partial charge >= 0.3 is 0 Å². The highest BCUT2D eigenvalue weighted by Crippen LogP contribution is 2.19. The second-order valence-electron chi connectivity index (χ2n) is 4.68. The van der Waals surface area contributed by atoms with Crippen LogP contribution in [0.1, 0.15) is 18.1 Å². The Morgan fingerprint density at radius 1 is 1.24 bits per heavy atom. The summed E-state index contributed by atoms with van der Waals surface area (Å²) in [6.45, 7) is 5.48. The SMILES string of the molecule is CCNc1nc(NCc2ccncc2C)c2[nH]cnc2n1. The summed E-state index contributed by atoms with van der Waals surface area (Å²) in [4.78, 5) is 20.2. The molecule has 108 valence electrons. The predicted octanol–water partition coefficient (Wildman–Crippen LogP) is 2.10. The van der Waals surface area contributed by atoms with E-state index in [1.165, 1.54) is 5.56 Å². The van der Waals surface area contributed by atoms with E-state index in [0.29, 0.717) is 18.1 Å². The van der Waals surface area contributed by atoms with Gasteiger partial charge < -0.3 is 15.6 Å². The maximum atomic E-state index is 4.49. The average Bonchev–Trinajstić information content (AvgIpc) is 2.95. The van der Waals surface area contributed by atoms with Crippen LogP contribution in [0.3, 0.4) is 0 Å². The van der Waals surface area contributed by atoms with Crippen LogP contribution in [-0.2, 0) is 6.54 Å². The topological polar surface area (TPSA) is 91.4 Å². The van der Waals surface area contributed by atoms with E-state index in [0.717, 1.165) is 23.4 Å². The molecule has 3 rings (SSSR count). The van der Waals surface area contributed by atoms with Crippen molar-refractivity contribution in [3.63, 3.8) is 0 Å². The first kappa shape index (κ1) is 13.3. The van der Waals surface area contributed by atoms with E-state index in [-0.39, 0.29) is 0 Å². The van der Waals surface area contributed by atoms with Gasteiger partial charge in [0, 0.05) is 25.5 Å². The second kappa shape index (κ2) is 5.74. The van der Waals surface area contributed by atoms with Crippen LogP contribution in [0.15, 0.2) is 24.8 Å². The van der Waals surface area contributed by atoms with E-state index >= 15 is 0 Å². The number of imidazole rings is 1. The van der Waals surface area contributed by atoms with Crippen molar-refractivity contribution in [2.75, 3.05) is 17.2 Å². The maximum absolute atomic E-state index is 4.49. The number of nitrogens with one attached hydrogen (secondary N) is 3. The number of aryl methyl sites for hydroxylation is 1. The highest BCUT2D eigenvalue weighted by molar-refractivity contribution is 5.83. The van der Waals surface area contributed by atoms with Crippen LogP contribution in [-0.4, -0.2) is 31.5 Å². The van der Waals surface area contributed by atoms with E-state index in [1.807, 2.05) is 26.1 Å². The molecule has 0 fully saturated rings. The molecule has 0 radical (unpaired) electrons. The molecular formula is C14H17N7. The van der Waals surface area contributed by atoms with Gasteiger partial charge in [0.2, 0.25) is 5.95 Å². The van der Waals surface area contributed by atoms with Gasteiger partial charge in [0.15, 0.2) is 11.5 Å². The number of aromatic amines is 1. The van der Waals surface area contributed by atoms with E-state index in [2.05, 4.69) is 35.6 Å². The number of aromatic nitrogens is 5. The third-order valence-corrected chi connectivity index (χ3v) is 3.20. The molecule has 3 heterocycles. The van der Waals surface area contributed by atoms with Crippen molar-refractivity contribution in [2.45, 2.75) is 20.4 Å². The normalized spacial score (nSPS) is 10.8. The molecule has 21 heavy (non-hydrogen) atoms. The minimum atomic E-state index is 0.575. The molecule has 0 saturated carbocycles. The first-order valence-electron chi connectivity index (χ1n) is 6.86. The zero-order valence-electron chi connectivity index (χ0n) is 12.0. The highest BCUT2D eigenvalue weighted by atomic mass is 15.2. The quantitative estimate of drug-likeness (QED) is 0.664. The molecule has 0 unspecified atom stereocenters. The number of rotatable bonds is 5. The molecule has 0 aliphatic carbocycles. The molecular weight excluding hydrogens is 266 g/mol. The number of H-pyrrole nitrogens is 1. The van der Waals surface area contributed by atoms with Crippen molar-refractivity contribution in [3.05, 3.63) is 35.9 Å². The standard InChI is InChI=1S/C14H17N7/c1-3-16-14-20-12(11-13(21-14)19-8-18-11)17-7-10-4-5-15-6-9(10)2/h4-6,8H,3,7H2,1-2H3,(H3,16,17,18,19,20,21). The smallest absolute Gasteiger partial charge is 0.226 e. The number of anilines is 2. The molecule has 0 bridgehead atoms. The molecule has 3 aromatic heterocycles. The highest BCUT2D eigenvalue weighted by Gasteiger charge is 2.09. The summed E-state index contributed by atoms with van der Waals surface area (Å²) in [5, 5.41) is 6.45. The number of hydrogen-bond acceptors (Lipinski definition) is 6. The van der Waals surface area contributed by atoms with Crippen molar-refractivity contribution < 1.29 is 0 Å². The second-order valence-corrected chi connectivity index (χ2v) is 4.68. The number of pyridine rings is 1. The van der Waals surface area contributed by atoms with Crippen LogP contribution >= 0.6 is 0 Å². The summed E-state index contributed by atoms with van der Waals surface area (Å²) >= 11 is 0. The maximum Gasteiger partial charge on any atom is 0.226 e. The third-order valence-electron chi connectivity index (χ3n) is 3.20. The van der Waals surface area contributed by atoms with Crippen molar-refractivity contribution in [2.24, 2.45) is 0 Å². The van der Waals surface area contributed by atoms with Crippen LogP contribution in [0, 0.1) is 6.92 Å². The Hall–Kier alpha value is -2.70. The molecule has 0 atom stereocenters. The van der Waals surface area contributed by atoms with E-state index in [1.54, 1.807) is 12.5 Å². The van der Waals surface area contributed by atoms with Gasteiger partial charge in [-0.2, -0.15) is 9.97 Å². The fourth-order valence-corrected chi connectivity index (χ4v) is 2.08. The molecule has 3 N–H and O–H groups in total. The zero-order valence-corrected chi connectivity index (χ0v) is 12.0. The van der Waals surface area contributed by atoms with E-state index in [4.69, 9.17) is 0 Å². The van der Waals surface area contributed by atoms with Crippen molar-refractivity contribution in [1.29, 1.82) is 0 Å². The molecule has 0 aliphatic heterocycles. The van der Waals surface area contributed by atoms with Crippen molar-refractivity contribution >= 4 is 22.9 Å². The lowest BCUT2D eigenvalue weighted by Gasteiger charge is -2.10. The Balaban J connectivity index is 1.89. The Kier molecular flexibility index (Phi) is 3.63. The lowest BCUT2D eigenvalue weighted by molar-refractivity contribution is 1.05. The first-order valence-corrected chi connectivity index (χ1v) is 6.86. The lowest BCUT2D eigenvalue weighted by atomic mass is 10.1. The molecule has 0 aromatic carbocycles. The summed E-state index contributed by atoms with van der Waals surface area (Å²) in [6.07, 6.45) is 5.27. The van der Waals surface area contributed by atoms with Gasteiger partial charge in [-0.3, -0.25) is 4.98 Å². The predicted molar refractivity (Wildman–Crippen MR) is 82.1 cm³/mol. The lowest BCUT2D eigenvalue weighted by Crippen LogP contribution is -2.08. The van der Waals surface area contributed by atoms with Crippen LogP contribution in [0.4, 0.5) is 11.8 Å². The third kappa shape index (κ3) is 2.76. The average molecular weight is 283 g/mol. The summed E-state index contributed by atoms with van der Waals surface area (Å²) in [6, 6.07) is 2.00. The van der Waals surface area contributed by atoms with Crippen LogP contribution in [0.25, 0.3) is 11.2 Å². The van der Waals surface area contributed by atoms with Gasteiger partial charge in [-0.05, 0) is 31.0 Å². The summed E-state index contributed by atoms with van der Waals surface area (Å²) in [5.41, 5.74) is 3.78. The van der Waals surface area contributed by atoms with E-state index < -0.39 is 0 Å². The van der Waals surface area contributed by atoms with Gasteiger partial charge in [0.25, 0.3) is 0 Å². The number of nitrogens with zero attached hydrogens (tertiary/aromatic N) is 4. The van der Waals surface area contributed by atoms with E-state index in [9.17, 15) is 0 Å². The van der Waals surface area contributed by atoms with Gasteiger partial charge in [0.05, 0.1) is 6.33 Å². The van der Waals surface area contributed by atoms with Gasteiger partial charge in [-0.15, -0.1) is 0 Å². The van der Waals surface area contributed by atoms with Crippen molar-refractivity contribution in [1.82, 2.24) is 24.9 Å². The minimum Gasteiger partial charge on any atom is -0.364 e. The fraction of sp³-hybridized carbons (Fsp3) is 0.286. The Labute approximate surface area is 122 Å². The molecule has 0 aliphatic rings. The summed E-state index contributed by atoms with van der Waals surface area (Å²) in [5.74, 6) is 1.32. The van der Waals surface area contributed by atoms with Crippen molar-refractivity contribution in [3.8, 4) is 0 Å². The molecule has 0 amide bonds. The largest absolute Gasteiger partial charge is 0.364 e. The minimum absolute atomic E-state index is 0.575. The molecule has 0 saturated heterocycles. The Bertz CT molecular complexity index is 750. The summed E-state index contributed by atoms with van der Waals surface area (Å²) < 4.78 is 0. The Morgan fingerprint density at radius 2 is 2.14 bits per heavy atom. The zero-order chi connectivity index (χ0) is 14.7. The first-order chi connectivity index (χ1) is 10.3. The molecule has 3 aromatic rings. The Morgan fingerprint density at radius 3 is 2.95 bits per heavy atom. The number of fused-ring (bicyclic) bond motifs is 1. The summed E-state index contributed by atoms with van der Waals surface area (Å²) in [7, 11) is 0. The molecule has 0 spiro atoms. The van der Waals surface area contributed by atoms with Crippen LogP contribution in [0.2, 0.25) is 0 Å². The van der Waals surface area contributed by atoms with Crippen LogP contribution in [0.5, 0.6) is 0 Å². The van der Waals surface area contributed by atoms with Gasteiger partial charge in [0.1, 0.15) is 5.52 Å². The monoisotopic (exact) mass is 283 g/mol.